The van der Waals surface area contributed by atoms with E-state index in [1.165, 1.54) is 0 Å². The van der Waals surface area contributed by atoms with Gasteiger partial charge in [-0.2, -0.15) is 0 Å². The molecule has 6 heteroatoms. The first-order valence-electron chi connectivity index (χ1n) is 9.06. The molecule has 0 saturated heterocycles. The molecule has 2 aromatic rings. The predicted octanol–water partition coefficient (Wildman–Crippen LogP) is 3.98. The van der Waals surface area contributed by atoms with Gasteiger partial charge in [0.15, 0.2) is 23.0 Å². The van der Waals surface area contributed by atoms with Gasteiger partial charge in [-0.25, -0.2) is 0 Å². The monoisotopic (exact) mass is 371 g/mol. The minimum atomic E-state index is -0.108. The number of methoxy groups -OCH3 is 2. The maximum absolute atomic E-state index is 12.3. The highest BCUT2D eigenvalue weighted by molar-refractivity contribution is 5.96. The van der Waals surface area contributed by atoms with Gasteiger partial charge in [0, 0.05) is 24.1 Å². The van der Waals surface area contributed by atoms with Gasteiger partial charge in [-0.05, 0) is 43.2 Å². The van der Waals surface area contributed by atoms with E-state index in [1.807, 2.05) is 44.2 Å². The van der Waals surface area contributed by atoms with Crippen molar-refractivity contribution in [1.82, 2.24) is 0 Å². The molecule has 1 aliphatic rings. The number of nitrogens with one attached hydrogen (secondary N) is 1. The zero-order valence-corrected chi connectivity index (χ0v) is 16.1. The average molecular weight is 371 g/mol. The van der Waals surface area contributed by atoms with Gasteiger partial charge in [0.25, 0.3) is 0 Å². The fourth-order valence-corrected chi connectivity index (χ4v) is 3.37. The van der Waals surface area contributed by atoms with Gasteiger partial charge in [0.05, 0.1) is 27.4 Å². The van der Waals surface area contributed by atoms with Crippen LogP contribution >= 0.6 is 0 Å². The molecular weight excluding hydrogens is 346 g/mol. The van der Waals surface area contributed by atoms with Crippen molar-refractivity contribution in [3.8, 4) is 23.0 Å². The topological polar surface area (TPSA) is 66.0 Å². The Labute approximate surface area is 159 Å². The van der Waals surface area contributed by atoms with Crippen LogP contribution in [0.25, 0.3) is 0 Å². The molecule has 144 valence electrons. The van der Waals surface area contributed by atoms with Crippen molar-refractivity contribution in [3.63, 3.8) is 0 Å². The first kappa shape index (κ1) is 18.9. The van der Waals surface area contributed by atoms with Gasteiger partial charge in [-0.1, -0.05) is 6.07 Å². The van der Waals surface area contributed by atoms with Gasteiger partial charge < -0.3 is 24.3 Å². The number of ether oxygens (including phenoxy) is 4. The minimum Gasteiger partial charge on any atom is -0.493 e. The second-order valence-electron chi connectivity index (χ2n) is 6.17. The minimum absolute atomic E-state index is 0.0334. The number of anilines is 1. The molecule has 27 heavy (non-hydrogen) atoms. The zero-order valence-electron chi connectivity index (χ0n) is 16.1. The van der Waals surface area contributed by atoms with Gasteiger partial charge in [0.2, 0.25) is 5.91 Å². The second-order valence-corrected chi connectivity index (χ2v) is 6.17. The Morgan fingerprint density at radius 1 is 0.926 bits per heavy atom. The van der Waals surface area contributed by atoms with E-state index in [9.17, 15) is 4.79 Å². The molecule has 0 spiro atoms. The van der Waals surface area contributed by atoms with E-state index in [1.54, 1.807) is 14.2 Å². The van der Waals surface area contributed by atoms with Crippen LogP contribution in [0.1, 0.15) is 37.3 Å². The molecule has 0 fully saturated rings. The summed E-state index contributed by atoms with van der Waals surface area (Å²) in [5, 5.41) is 2.95. The smallest absolute Gasteiger partial charge is 0.225 e. The summed E-state index contributed by atoms with van der Waals surface area (Å²) in [5.41, 5.74) is 2.72. The van der Waals surface area contributed by atoms with Crippen LogP contribution in [0.15, 0.2) is 30.3 Å². The summed E-state index contributed by atoms with van der Waals surface area (Å²) in [4.78, 5) is 12.3. The molecule has 1 amide bonds. The molecule has 0 aromatic heterocycles. The van der Waals surface area contributed by atoms with Gasteiger partial charge >= 0.3 is 0 Å². The lowest BCUT2D eigenvalue weighted by Crippen LogP contribution is -2.23. The molecule has 1 heterocycles. The summed E-state index contributed by atoms with van der Waals surface area (Å²) in [7, 11) is 3.20. The lowest BCUT2D eigenvalue weighted by atomic mass is 9.84. The van der Waals surface area contributed by atoms with Crippen LogP contribution in [-0.2, 0) is 4.79 Å². The molecule has 0 radical (unpaired) electrons. The Morgan fingerprint density at radius 2 is 1.59 bits per heavy atom. The van der Waals surface area contributed by atoms with Gasteiger partial charge in [-0.15, -0.1) is 0 Å². The Bertz CT molecular complexity index is 834. The van der Waals surface area contributed by atoms with E-state index in [4.69, 9.17) is 18.9 Å². The summed E-state index contributed by atoms with van der Waals surface area (Å²) in [6.45, 7) is 4.90. The molecule has 6 nitrogen and oxygen atoms in total. The number of hydrogen-bond acceptors (Lipinski definition) is 5. The van der Waals surface area contributed by atoms with E-state index >= 15 is 0 Å². The van der Waals surface area contributed by atoms with Crippen LogP contribution in [0.4, 0.5) is 5.69 Å². The number of amides is 1. The third kappa shape index (κ3) is 3.79. The normalized spacial score (nSPS) is 15.6. The molecular formula is C21H25NO5. The fourth-order valence-electron chi connectivity index (χ4n) is 3.37. The van der Waals surface area contributed by atoms with Crippen LogP contribution in [0.2, 0.25) is 0 Å². The predicted molar refractivity (Wildman–Crippen MR) is 103 cm³/mol. The highest BCUT2D eigenvalue weighted by atomic mass is 16.5. The molecule has 2 aromatic carbocycles. The summed E-state index contributed by atoms with van der Waals surface area (Å²) in [6, 6.07) is 9.55. The first-order chi connectivity index (χ1) is 13.1. The molecule has 0 unspecified atom stereocenters. The number of rotatable bonds is 7. The third-order valence-corrected chi connectivity index (χ3v) is 4.56. The van der Waals surface area contributed by atoms with Gasteiger partial charge in [-0.3, -0.25) is 4.79 Å². The summed E-state index contributed by atoms with van der Waals surface area (Å²) in [6.07, 6.45) is 0.349. The molecule has 1 atom stereocenters. The van der Waals surface area contributed by atoms with E-state index in [2.05, 4.69) is 5.32 Å². The average Bonchev–Trinajstić information content (AvgIpc) is 2.68. The SMILES string of the molecule is CCOc1cc2c(cc1OCC)[C@H](c1ccc(OC)c(OC)c1)CC(=O)N2. The highest BCUT2D eigenvalue weighted by Crippen LogP contribution is 2.44. The Morgan fingerprint density at radius 3 is 2.22 bits per heavy atom. The molecule has 3 rings (SSSR count). The quantitative estimate of drug-likeness (QED) is 0.798. The Balaban J connectivity index is 2.09. The maximum atomic E-state index is 12.3. The van der Waals surface area contributed by atoms with Crippen molar-refractivity contribution in [1.29, 1.82) is 0 Å². The van der Waals surface area contributed by atoms with Crippen LogP contribution < -0.4 is 24.3 Å². The summed E-state index contributed by atoms with van der Waals surface area (Å²) in [5.74, 6) is 2.46. The van der Waals surface area contributed by atoms with Crippen molar-refractivity contribution in [3.05, 3.63) is 41.5 Å². The highest BCUT2D eigenvalue weighted by Gasteiger charge is 2.29. The molecule has 1 N–H and O–H groups in total. The van der Waals surface area contributed by atoms with E-state index in [0.29, 0.717) is 42.6 Å². The maximum Gasteiger partial charge on any atom is 0.225 e. The Kier molecular flexibility index (Phi) is 5.74. The van der Waals surface area contributed by atoms with Crippen molar-refractivity contribution < 1.29 is 23.7 Å². The van der Waals surface area contributed by atoms with E-state index in [-0.39, 0.29) is 11.8 Å². The van der Waals surface area contributed by atoms with Crippen molar-refractivity contribution in [2.24, 2.45) is 0 Å². The first-order valence-corrected chi connectivity index (χ1v) is 9.06. The third-order valence-electron chi connectivity index (χ3n) is 4.56. The van der Waals surface area contributed by atoms with Crippen molar-refractivity contribution >= 4 is 11.6 Å². The van der Waals surface area contributed by atoms with Crippen LogP contribution in [0.3, 0.4) is 0 Å². The molecule has 0 bridgehead atoms. The summed E-state index contributed by atoms with van der Waals surface area (Å²) >= 11 is 0. The zero-order chi connectivity index (χ0) is 19.4. The number of carbonyl (C=O) groups is 1. The van der Waals surface area contributed by atoms with Crippen LogP contribution in [-0.4, -0.2) is 33.3 Å². The lowest BCUT2D eigenvalue weighted by molar-refractivity contribution is -0.116. The lowest BCUT2D eigenvalue weighted by Gasteiger charge is -2.28. The summed E-state index contributed by atoms with van der Waals surface area (Å²) < 4.78 is 22.2. The number of hydrogen-bond donors (Lipinski definition) is 1. The van der Waals surface area contributed by atoms with Crippen LogP contribution in [0, 0.1) is 0 Å². The van der Waals surface area contributed by atoms with Gasteiger partial charge in [0.1, 0.15) is 0 Å². The molecule has 1 aliphatic heterocycles. The molecule has 0 saturated carbocycles. The number of fused-ring (bicyclic) bond motifs is 1. The Hall–Kier alpha value is -2.89. The largest absolute Gasteiger partial charge is 0.493 e. The second kappa shape index (κ2) is 8.20. The fraction of sp³-hybridized carbons (Fsp3) is 0.381. The number of benzene rings is 2. The number of carbonyl (C=O) groups excluding carboxylic acids is 1. The van der Waals surface area contributed by atoms with Crippen molar-refractivity contribution in [2.45, 2.75) is 26.2 Å². The van der Waals surface area contributed by atoms with Crippen molar-refractivity contribution in [2.75, 3.05) is 32.8 Å². The standard InChI is InChI=1S/C21H25NO5/c1-5-26-19-10-15-14(13-7-8-17(24-3)18(9-13)25-4)11-21(23)22-16(15)12-20(19)27-6-2/h7-10,12,14H,5-6,11H2,1-4H3,(H,22,23)/t14-/m0/s1. The van der Waals surface area contributed by atoms with Crippen LogP contribution in [0.5, 0.6) is 23.0 Å². The molecule has 0 aliphatic carbocycles. The van der Waals surface area contributed by atoms with E-state index in [0.717, 1.165) is 16.8 Å². The van der Waals surface area contributed by atoms with E-state index < -0.39 is 0 Å².